The highest BCUT2D eigenvalue weighted by Crippen LogP contribution is 2.55. The molecular weight excluding hydrogens is 707 g/mol. The zero-order valence-electron chi connectivity index (χ0n) is 31.9. The van der Waals surface area contributed by atoms with Crippen LogP contribution in [0.3, 0.4) is 0 Å². The highest BCUT2D eigenvalue weighted by molar-refractivity contribution is 7.26. The number of hydrogen-bond acceptors (Lipinski definition) is 2. The van der Waals surface area contributed by atoms with Gasteiger partial charge in [-0.3, -0.25) is 0 Å². The fourth-order valence-electron chi connectivity index (χ4n) is 9.27. The van der Waals surface area contributed by atoms with E-state index in [-0.39, 0.29) is 5.41 Å². The summed E-state index contributed by atoms with van der Waals surface area (Å²) in [4.78, 5) is 2.55. The van der Waals surface area contributed by atoms with Crippen LogP contribution in [0.15, 0.2) is 200 Å². The Hall–Kier alpha value is -6.74. The Morgan fingerprint density at radius 2 is 0.912 bits per heavy atom. The second-order valence-corrected chi connectivity index (χ2v) is 16.7. The Kier molecular flexibility index (Phi) is 7.77. The van der Waals surface area contributed by atoms with Crippen LogP contribution in [-0.2, 0) is 5.41 Å². The summed E-state index contributed by atoms with van der Waals surface area (Å²) in [5.74, 6) is 0. The van der Waals surface area contributed by atoms with Crippen molar-refractivity contribution in [3.63, 3.8) is 0 Å². The lowest BCUT2D eigenvalue weighted by Gasteiger charge is -2.31. The molecule has 1 aliphatic rings. The van der Waals surface area contributed by atoms with Crippen molar-refractivity contribution < 1.29 is 0 Å². The van der Waals surface area contributed by atoms with Crippen LogP contribution in [0.5, 0.6) is 0 Å². The van der Waals surface area contributed by atoms with Crippen molar-refractivity contribution in [2.45, 2.75) is 19.3 Å². The first-order chi connectivity index (χ1) is 28.0. The molecule has 0 aliphatic heterocycles. The molecule has 0 amide bonds. The molecule has 0 saturated carbocycles. The monoisotopic (exact) mass is 745 g/mol. The van der Waals surface area contributed by atoms with Gasteiger partial charge in [-0.2, -0.15) is 0 Å². The first-order valence-corrected chi connectivity index (χ1v) is 20.6. The van der Waals surface area contributed by atoms with Crippen LogP contribution in [0.25, 0.3) is 75.5 Å². The average Bonchev–Trinajstić information content (AvgIpc) is 3.77. The number of anilines is 3. The predicted molar refractivity (Wildman–Crippen MR) is 245 cm³/mol. The van der Waals surface area contributed by atoms with Gasteiger partial charge in [-0.15, -0.1) is 11.3 Å². The quantitative estimate of drug-likeness (QED) is 0.164. The van der Waals surface area contributed by atoms with Gasteiger partial charge >= 0.3 is 0 Å². The molecule has 0 unspecified atom stereocenters. The number of hydrogen-bond donors (Lipinski definition) is 0. The van der Waals surface area contributed by atoms with E-state index in [4.69, 9.17) is 0 Å². The number of benzene rings is 9. The first-order valence-electron chi connectivity index (χ1n) is 19.8. The summed E-state index contributed by atoms with van der Waals surface area (Å²) in [6.45, 7) is 4.75. The molecule has 0 radical (unpaired) electrons. The summed E-state index contributed by atoms with van der Waals surface area (Å²) in [6, 6.07) is 73.8. The maximum Gasteiger partial charge on any atom is 0.0639 e. The summed E-state index contributed by atoms with van der Waals surface area (Å²) in [5, 5.41) is 5.11. The normalized spacial score (nSPS) is 12.9. The van der Waals surface area contributed by atoms with Crippen molar-refractivity contribution in [3.8, 4) is 44.5 Å². The van der Waals surface area contributed by atoms with Crippen LogP contribution in [0, 0.1) is 0 Å². The van der Waals surface area contributed by atoms with Crippen molar-refractivity contribution in [2.75, 3.05) is 4.90 Å². The van der Waals surface area contributed by atoms with Crippen molar-refractivity contribution in [1.29, 1.82) is 0 Å². The van der Waals surface area contributed by atoms with E-state index in [1.165, 1.54) is 92.3 Å². The molecule has 1 aliphatic carbocycles. The SMILES string of the molecule is CC1(C)c2ccccc2-c2ccc(N(c3ccc(-c4ccc(-c5ccccc5)cc4)cc3)c3c(-c4ccccc4)c4ccccc4c4sc5ccccc5c34)cc21. The van der Waals surface area contributed by atoms with Gasteiger partial charge in [0.1, 0.15) is 0 Å². The van der Waals surface area contributed by atoms with Gasteiger partial charge < -0.3 is 4.90 Å². The fourth-order valence-corrected chi connectivity index (χ4v) is 10.5. The Labute approximate surface area is 337 Å². The number of rotatable bonds is 6. The maximum absolute atomic E-state index is 2.55. The van der Waals surface area contributed by atoms with Crippen molar-refractivity contribution in [1.82, 2.24) is 0 Å². The summed E-state index contributed by atoms with van der Waals surface area (Å²) in [7, 11) is 0. The standard InChI is InChI=1S/C55H39NS/c1-55(2)48-23-13-11-19-43(48)44-34-33-42(35-49(44)55)56(41-31-29-39(30-32-41)38-27-25-37(26-28-38)36-15-5-3-6-16-36)53-51(40-17-7-4-8-18-40)45-20-9-10-21-46(45)54-52(53)47-22-12-14-24-50(47)57-54/h3-35H,1-2H3. The minimum absolute atomic E-state index is 0.139. The molecule has 270 valence electrons. The average molecular weight is 746 g/mol. The van der Waals surface area contributed by atoms with Crippen molar-refractivity contribution >= 4 is 59.3 Å². The molecule has 0 saturated heterocycles. The van der Waals surface area contributed by atoms with E-state index in [0.717, 1.165) is 11.4 Å². The molecule has 1 nitrogen and oxygen atoms in total. The molecular formula is C55H39NS. The van der Waals surface area contributed by atoms with Gasteiger partial charge in [-0.25, -0.2) is 0 Å². The molecule has 1 aromatic heterocycles. The molecule has 0 fully saturated rings. The predicted octanol–water partition coefficient (Wildman–Crippen LogP) is 16.0. The molecule has 1 heterocycles. The van der Waals surface area contributed by atoms with E-state index in [0.29, 0.717) is 0 Å². The van der Waals surface area contributed by atoms with Gasteiger partial charge in [-0.1, -0.05) is 184 Å². The van der Waals surface area contributed by atoms with Crippen LogP contribution in [0.4, 0.5) is 17.1 Å². The van der Waals surface area contributed by atoms with Crippen molar-refractivity contribution in [3.05, 3.63) is 211 Å². The fraction of sp³-hybridized carbons (Fsp3) is 0.0545. The Morgan fingerprint density at radius 3 is 1.61 bits per heavy atom. The third-order valence-electron chi connectivity index (χ3n) is 12.1. The van der Waals surface area contributed by atoms with Gasteiger partial charge in [0.05, 0.1) is 5.69 Å². The minimum atomic E-state index is -0.139. The molecule has 11 rings (SSSR count). The summed E-state index contributed by atoms with van der Waals surface area (Å²) >= 11 is 1.90. The Bertz CT molecular complexity index is 3120. The molecule has 0 spiro atoms. The largest absolute Gasteiger partial charge is 0.309 e. The van der Waals surface area contributed by atoms with E-state index in [2.05, 4.69) is 219 Å². The van der Waals surface area contributed by atoms with Gasteiger partial charge in [0.25, 0.3) is 0 Å². The highest BCUT2D eigenvalue weighted by Gasteiger charge is 2.36. The zero-order valence-corrected chi connectivity index (χ0v) is 32.7. The van der Waals surface area contributed by atoms with Crippen LogP contribution >= 0.6 is 11.3 Å². The zero-order chi connectivity index (χ0) is 38.1. The summed E-state index contributed by atoms with van der Waals surface area (Å²) in [6.07, 6.45) is 0. The van der Waals surface area contributed by atoms with Crippen LogP contribution in [0.1, 0.15) is 25.0 Å². The third-order valence-corrected chi connectivity index (χ3v) is 13.3. The van der Waals surface area contributed by atoms with E-state index in [1.807, 2.05) is 11.3 Å². The minimum Gasteiger partial charge on any atom is -0.309 e. The number of thiophene rings is 1. The molecule has 0 bridgehead atoms. The maximum atomic E-state index is 2.55. The molecule has 9 aromatic carbocycles. The third kappa shape index (κ3) is 5.36. The lowest BCUT2D eigenvalue weighted by atomic mass is 9.82. The molecule has 57 heavy (non-hydrogen) atoms. The summed E-state index contributed by atoms with van der Waals surface area (Å²) in [5.41, 5.74) is 16.0. The van der Waals surface area contributed by atoms with Gasteiger partial charge in [-0.05, 0) is 85.8 Å². The number of nitrogens with zero attached hydrogens (tertiary/aromatic N) is 1. The summed E-state index contributed by atoms with van der Waals surface area (Å²) < 4.78 is 2.61. The Morgan fingerprint density at radius 1 is 0.404 bits per heavy atom. The lowest BCUT2D eigenvalue weighted by Crippen LogP contribution is -2.17. The second kappa shape index (κ2) is 13.2. The second-order valence-electron chi connectivity index (χ2n) is 15.7. The highest BCUT2D eigenvalue weighted by atomic mass is 32.1. The van der Waals surface area contributed by atoms with Crippen LogP contribution < -0.4 is 4.90 Å². The molecule has 2 heteroatoms. The van der Waals surface area contributed by atoms with E-state index < -0.39 is 0 Å². The van der Waals surface area contributed by atoms with Gasteiger partial charge in [0, 0.05) is 47.9 Å². The number of fused-ring (bicyclic) bond motifs is 8. The first kappa shape index (κ1) is 33.6. The van der Waals surface area contributed by atoms with Crippen molar-refractivity contribution in [2.24, 2.45) is 0 Å². The van der Waals surface area contributed by atoms with E-state index >= 15 is 0 Å². The van der Waals surface area contributed by atoms with E-state index in [9.17, 15) is 0 Å². The van der Waals surface area contributed by atoms with Gasteiger partial charge in [0.15, 0.2) is 0 Å². The lowest BCUT2D eigenvalue weighted by molar-refractivity contribution is 0.660. The van der Waals surface area contributed by atoms with Crippen LogP contribution in [-0.4, -0.2) is 0 Å². The van der Waals surface area contributed by atoms with Crippen LogP contribution in [0.2, 0.25) is 0 Å². The molecule has 0 N–H and O–H groups in total. The Balaban J connectivity index is 1.18. The van der Waals surface area contributed by atoms with Gasteiger partial charge in [0.2, 0.25) is 0 Å². The smallest absolute Gasteiger partial charge is 0.0639 e. The molecule has 0 atom stereocenters. The van der Waals surface area contributed by atoms with E-state index in [1.54, 1.807) is 0 Å². The molecule has 10 aromatic rings. The topological polar surface area (TPSA) is 3.24 Å².